The van der Waals surface area contributed by atoms with Crippen molar-refractivity contribution in [2.45, 2.75) is 13.8 Å². The van der Waals surface area contributed by atoms with Gasteiger partial charge in [0, 0.05) is 5.69 Å². The monoisotopic (exact) mass is 208 g/mol. The van der Waals surface area contributed by atoms with Crippen LogP contribution < -0.4 is 10.8 Å². The molecule has 0 saturated heterocycles. The van der Waals surface area contributed by atoms with Gasteiger partial charge in [0.25, 0.3) is 0 Å². The van der Waals surface area contributed by atoms with Gasteiger partial charge >= 0.3 is 6.03 Å². The topological polar surface area (TPSA) is 50.4 Å². The van der Waals surface area contributed by atoms with E-state index >= 15 is 0 Å². The molecule has 0 unspecified atom stereocenters. The molecule has 4 nitrogen and oxygen atoms in total. The summed E-state index contributed by atoms with van der Waals surface area (Å²) in [5, 5.41) is 2.64. The number of anilines is 1. The number of benzene rings is 1. The number of carbonyl (C=O) groups is 1. The molecule has 0 radical (unpaired) electrons. The van der Waals surface area contributed by atoms with Gasteiger partial charge in [-0.2, -0.15) is 0 Å². The molecule has 0 bridgehead atoms. The second-order valence-corrected chi connectivity index (χ2v) is 3.63. The van der Waals surface area contributed by atoms with Gasteiger partial charge in [0.15, 0.2) is 0 Å². The van der Waals surface area contributed by atoms with E-state index in [2.05, 4.69) is 10.8 Å². The zero-order valence-electron chi connectivity index (χ0n) is 8.99. The highest BCUT2D eigenvalue weighted by atomic mass is 16.7. The number of carbonyl (C=O) groups excluding carboxylic acids is 1. The summed E-state index contributed by atoms with van der Waals surface area (Å²) >= 11 is 0. The third kappa shape index (κ3) is 5.02. The summed E-state index contributed by atoms with van der Waals surface area (Å²) < 4.78 is 0. The van der Waals surface area contributed by atoms with Crippen molar-refractivity contribution in [1.29, 1.82) is 0 Å². The van der Waals surface area contributed by atoms with Crippen LogP contribution in [0.2, 0.25) is 0 Å². The molecule has 0 spiro atoms. The average molecular weight is 208 g/mol. The molecule has 0 aliphatic carbocycles. The Hall–Kier alpha value is -1.55. The summed E-state index contributed by atoms with van der Waals surface area (Å²) in [6, 6.07) is 8.85. The first kappa shape index (κ1) is 11.5. The number of urea groups is 1. The fraction of sp³-hybridized carbons (Fsp3) is 0.364. The van der Waals surface area contributed by atoms with Gasteiger partial charge in [0.1, 0.15) is 0 Å². The summed E-state index contributed by atoms with van der Waals surface area (Å²) in [6.45, 7) is 4.52. The third-order valence-corrected chi connectivity index (χ3v) is 1.61. The van der Waals surface area contributed by atoms with Crippen LogP contribution in [0.3, 0.4) is 0 Å². The molecule has 1 aromatic rings. The van der Waals surface area contributed by atoms with E-state index in [9.17, 15) is 4.79 Å². The van der Waals surface area contributed by atoms with Gasteiger partial charge < -0.3 is 5.32 Å². The third-order valence-electron chi connectivity index (χ3n) is 1.61. The van der Waals surface area contributed by atoms with Crippen LogP contribution in [0.1, 0.15) is 13.8 Å². The van der Waals surface area contributed by atoms with Crippen molar-refractivity contribution in [3.05, 3.63) is 30.3 Å². The zero-order valence-corrected chi connectivity index (χ0v) is 8.99. The second-order valence-electron chi connectivity index (χ2n) is 3.63. The van der Waals surface area contributed by atoms with Crippen molar-refractivity contribution in [1.82, 2.24) is 5.48 Å². The summed E-state index contributed by atoms with van der Waals surface area (Å²) in [5.74, 6) is 0.391. The molecule has 0 saturated carbocycles. The summed E-state index contributed by atoms with van der Waals surface area (Å²) in [5.41, 5.74) is 3.05. The van der Waals surface area contributed by atoms with Crippen molar-refractivity contribution in [2.24, 2.45) is 5.92 Å². The van der Waals surface area contributed by atoms with E-state index in [-0.39, 0.29) is 6.03 Å². The lowest BCUT2D eigenvalue weighted by molar-refractivity contribution is 0.0482. The summed E-state index contributed by atoms with van der Waals surface area (Å²) in [4.78, 5) is 16.2. The van der Waals surface area contributed by atoms with Gasteiger partial charge in [0.2, 0.25) is 0 Å². The molecule has 0 aromatic heterocycles. The van der Waals surface area contributed by atoms with Crippen LogP contribution >= 0.6 is 0 Å². The Labute approximate surface area is 89.6 Å². The van der Waals surface area contributed by atoms with Crippen molar-refractivity contribution < 1.29 is 9.63 Å². The van der Waals surface area contributed by atoms with Gasteiger partial charge in [-0.1, -0.05) is 32.0 Å². The number of rotatable bonds is 4. The second kappa shape index (κ2) is 6.03. The average Bonchev–Trinajstić information content (AvgIpc) is 2.18. The highest BCUT2D eigenvalue weighted by molar-refractivity contribution is 5.88. The number of hydrogen-bond acceptors (Lipinski definition) is 2. The minimum atomic E-state index is -0.359. The molecule has 1 aromatic carbocycles. The maximum atomic E-state index is 11.2. The Morgan fingerprint density at radius 1 is 1.33 bits per heavy atom. The molecule has 0 atom stereocenters. The van der Waals surface area contributed by atoms with E-state index in [1.165, 1.54) is 0 Å². The highest BCUT2D eigenvalue weighted by Gasteiger charge is 2.01. The number of nitrogens with one attached hydrogen (secondary N) is 2. The molecule has 15 heavy (non-hydrogen) atoms. The van der Waals surface area contributed by atoms with Gasteiger partial charge in [-0.15, -0.1) is 0 Å². The standard InChI is InChI=1S/C11H16N2O2/c1-9(2)8-15-13-11(14)12-10-6-4-3-5-7-10/h3-7,9H,8H2,1-2H3,(H2,12,13,14). The Balaban J connectivity index is 2.25. The molecule has 1 rings (SSSR count). The van der Waals surface area contributed by atoms with E-state index in [0.29, 0.717) is 12.5 Å². The van der Waals surface area contributed by atoms with Crippen LogP contribution in [-0.2, 0) is 4.84 Å². The fourth-order valence-corrected chi connectivity index (χ4v) is 0.952. The number of para-hydroxylation sites is 1. The maximum Gasteiger partial charge on any atom is 0.343 e. The van der Waals surface area contributed by atoms with E-state index in [1.807, 2.05) is 44.2 Å². The normalized spacial score (nSPS) is 10.1. The lowest BCUT2D eigenvalue weighted by atomic mass is 10.2. The maximum absolute atomic E-state index is 11.2. The Kier molecular flexibility index (Phi) is 4.63. The summed E-state index contributed by atoms with van der Waals surface area (Å²) in [7, 11) is 0. The zero-order chi connectivity index (χ0) is 11.1. The number of hydroxylamine groups is 1. The van der Waals surface area contributed by atoms with Crippen molar-refractivity contribution in [3.8, 4) is 0 Å². The predicted molar refractivity (Wildman–Crippen MR) is 59.4 cm³/mol. The van der Waals surface area contributed by atoms with Crippen LogP contribution in [-0.4, -0.2) is 12.6 Å². The molecule has 0 aliphatic heterocycles. The minimum Gasteiger partial charge on any atom is -0.306 e. The molecule has 2 N–H and O–H groups in total. The summed E-state index contributed by atoms with van der Waals surface area (Å²) in [6.07, 6.45) is 0. The number of hydrogen-bond donors (Lipinski definition) is 2. The number of amides is 2. The smallest absolute Gasteiger partial charge is 0.306 e. The van der Waals surface area contributed by atoms with Gasteiger partial charge in [0.05, 0.1) is 6.61 Å². The molecule has 0 heterocycles. The molecule has 0 fully saturated rings. The first-order valence-electron chi connectivity index (χ1n) is 4.92. The first-order valence-corrected chi connectivity index (χ1v) is 4.92. The van der Waals surface area contributed by atoms with Crippen molar-refractivity contribution in [3.63, 3.8) is 0 Å². The highest BCUT2D eigenvalue weighted by Crippen LogP contribution is 2.04. The lowest BCUT2D eigenvalue weighted by Crippen LogP contribution is -2.30. The van der Waals surface area contributed by atoms with Gasteiger partial charge in [-0.3, -0.25) is 4.84 Å². The van der Waals surface area contributed by atoms with Crippen molar-refractivity contribution >= 4 is 11.7 Å². The molecule has 2 amide bonds. The molecule has 82 valence electrons. The first-order chi connectivity index (χ1) is 7.18. The van der Waals surface area contributed by atoms with Crippen LogP contribution in [0.5, 0.6) is 0 Å². The largest absolute Gasteiger partial charge is 0.343 e. The molecular weight excluding hydrogens is 192 g/mol. The van der Waals surface area contributed by atoms with E-state index < -0.39 is 0 Å². The molecule has 4 heteroatoms. The van der Waals surface area contributed by atoms with E-state index in [0.717, 1.165) is 5.69 Å². The van der Waals surface area contributed by atoms with Gasteiger partial charge in [-0.25, -0.2) is 10.3 Å². The Morgan fingerprint density at radius 3 is 2.60 bits per heavy atom. The van der Waals surface area contributed by atoms with Crippen LogP contribution in [0.25, 0.3) is 0 Å². The van der Waals surface area contributed by atoms with Crippen LogP contribution in [0.15, 0.2) is 30.3 Å². The van der Waals surface area contributed by atoms with Crippen molar-refractivity contribution in [2.75, 3.05) is 11.9 Å². The van der Waals surface area contributed by atoms with E-state index in [1.54, 1.807) is 0 Å². The lowest BCUT2D eigenvalue weighted by Gasteiger charge is -2.08. The van der Waals surface area contributed by atoms with Crippen LogP contribution in [0.4, 0.5) is 10.5 Å². The molecular formula is C11H16N2O2. The van der Waals surface area contributed by atoms with Gasteiger partial charge in [-0.05, 0) is 18.1 Å². The fourth-order valence-electron chi connectivity index (χ4n) is 0.952. The Bertz CT molecular complexity index is 299. The Morgan fingerprint density at radius 2 is 2.00 bits per heavy atom. The molecule has 0 aliphatic rings. The predicted octanol–water partition coefficient (Wildman–Crippen LogP) is 2.40. The van der Waals surface area contributed by atoms with E-state index in [4.69, 9.17) is 4.84 Å². The minimum absolute atomic E-state index is 0.359. The van der Waals surface area contributed by atoms with Crippen LogP contribution in [0, 0.1) is 5.92 Å². The SMILES string of the molecule is CC(C)CONC(=O)Nc1ccccc1. The quantitative estimate of drug-likeness (QED) is 0.746.